The largest absolute Gasteiger partial charge is 0.458 e. The first-order valence-electron chi connectivity index (χ1n) is 10.7. The Kier molecular flexibility index (Phi) is 7.92. The van der Waals surface area contributed by atoms with Crippen molar-refractivity contribution in [3.63, 3.8) is 0 Å². The smallest absolute Gasteiger partial charge is 0.197 e. The van der Waals surface area contributed by atoms with Crippen molar-refractivity contribution in [1.82, 2.24) is 0 Å². The van der Waals surface area contributed by atoms with Crippen LogP contribution in [-0.4, -0.2) is 40.2 Å². The van der Waals surface area contributed by atoms with Crippen molar-refractivity contribution in [2.45, 2.75) is 56.9 Å². The lowest BCUT2D eigenvalue weighted by Gasteiger charge is -2.22. The summed E-state index contributed by atoms with van der Waals surface area (Å²) in [6.07, 6.45) is 4.46. The fraction of sp³-hybridized carbons (Fsp3) is 0.565. The number of para-hydroxylation sites is 1. The molecule has 0 amide bonds. The van der Waals surface area contributed by atoms with E-state index in [0.717, 1.165) is 11.0 Å². The van der Waals surface area contributed by atoms with Crippen molar-refractivity contribution in [3.05, 3.63) is 48.2 Å². The second kappa shape index (κ2) is 10.2. The molecule has 0 radical (unpaired) electrons. The lowest BCUT2D eigenvalue weighted by Crippen LogP contribution is -2.21. The molecule has 1 aromatic heterocycles. The normalized spacial score (nSPS) is 27.6. The van der Waals surface area contributed by atoms with Gasteiger partial charge in [-0.15, -0.1) is 0 Å². The van der Waals surface area contributed by atoms with E-state index < -0.39 is 25.7 Å². The number of furan rings is 1. The molecule has 0 saturated heterocycles. The number of hydrogen-bond donors (Lipinski definition) is 3. The Morgan fingerprint density at radius 1 is 1.30 bits per heavy atom. The Bertz CT molecular complexity index is 856. The van der Waals surface area contributed by atoms with Gasteiger partial charge >= 0.3 is 0 Å². The van der Waals surface area contributed by atoms with Crippen LogP contribution in [0.4, 0.5) is 4.39 Å². The zero-order valence-electron chi connectivity index (χ0n) is 17.4. The Balaban J connectivity index is 1.52. The van der Waals surface area contributed by atoms with Gasteiger partial charge in [-0.1, -0.05) is 30.4 Å². The van der Waals surface area contributed by atoms with Crippen molar-refractivity contribution in [2.24, 2.45) is 11.8 Å². The van der Waals surface area contributed by atoms with Gasteiger partial charge in [-0.2, -0.15) is 0 Å². The standard InChI is InChI=1S/C23H32FO5P/c1-30(27,28)13-7-3-2-4-9-18-17(19(24)15-21(18)26)11-12-20(25)23-14-16-8-5-6-10-22(16)29-23/h2,4-6,8,10,14,17-21,25-26H,3,7,9,11-13,15H2,1H3,(H,27,28)/b4-2-/t17-,18-,19+,20+,21+/m1/s1. The quantitative estimate of drug-likeness (QED) is 0.269. The van der Waals surface area contributed by atoms with Crippen LogP contribution in [0.15, 0.2) is 46.9 Å². The molecule has 2 aromatic rings. The molecule has 3 rings (SSSR count). The van der Waals surface area contributed by atoms with E-state index in [0.29, 0.717) is 37.9 Å². The van der Waals surface area contributed by atoms with E-state index in [1.54, 1.807) is 0 Å². The lowest BCUT2D eigenvalue weighted by atomic mass is 9.86. The van der Waals surface area contributed by atoms with Crippen LogP contribution < -0.4 is 0 Å². The van der Waals surface area contributed by atoms with Gasteiger partial charge in [-0.3, -0.25) is 4.57 Å². The first-order valence-corrected chi connectivity index (χ1v) is 13.0. The maximum atomic E-state index is 14.5. The second-order valence-electron chi connectivity index (χ2n) is 8.55. The topological polar surface area (TPSA) is 90.9 Å². The zero-order chi connectivity index (χ0) is 21.7. The van der Waals surface area contributed by atoms with Crippen LogP contribution in [0.5, 0.6) is 0 Å². The minimum atomic E-state index is -2.97. The number of rotatable bonds is 10. The fourth-order valence-electron chi connectivity index (χ4n) is 4.39. The van der Waals surface area contributed by atoms with Gasteiger partial charge in [0.2, 0.25) is 0 Å². The van der Waals surface area contributed by atoms with E-state index in [-0.39, 0.29) is 24.4 Å². The van der Waals surface area contributed by atoms with Crippen LogP contribution in [0.1, 0.15) is 50.4 Å². The summed E-state index contributed by atoms with van der Waals surface area (Å²) in [6, 6.07) is 9.36. The summed E-state index contributed by atoms with van der Waals surface area (Å²) in [5.41, 5.74) is 0.717. The van der Waals surface area contributed by atoms with E-state index >= 15 is 0 Å². The van der Waals surface area contributed by atoms with Gasteiger partial charge in [0.15, 0.2) is 7.37 Å². The fourth-order valence-corrected chi connectivity index (χ4v) is 5.16. The maximum Gasteiger partial charge on any atom is 0.197 e. The van der Waals surface area contributed by atoms with Crippen LogP contribution >= 0.6 is 7.37 Å². The predicted molar refractivity (Wildman–Crippen MR) is 117 cm³/mol. The molecule has 1 fully saturated rings. The van der Waals surface area contributed by atoms with Crippen molar-refractivity contribution in [1.29, 1.82) is 0 Å². The minimum absolute atomic E-state index is 0.132. The highest BCUT2D eigenvalue weighted by Gasteiger charge is 2.42. The molecule has 3 N–H and O–H groups in total. The molecular weight excluding hydrogens is 406 g/mol. The predicted octanol–water partition coefficient (Wildman–Crippen LogP) is 5.21. The summed E-state index contributed by atoms with van der Waals surface area (Å²) in [5, 5.41) is 21.7. The maximum absolute atomic E-state index is 14.5. The molecule has 6 atom stereocenters. The average Bonchev–Trinajstić information content (AvgIpc) is 3.22. The molecular formula is C23H32FO5P. The highest BCUT2D eigenvalue weighted by Crippen LogP contribution is 2.41. The highest BCUT2D eigenvalue weighted by atomic mass is 31.2. The number of aliphatic hydroxyl groups is 2. The molecule has 166 valence electrons. The van der Waals surface area contributed by atoms with Crippen LogP contribution in [-0.2, 0) is 4.57 Å². The van der Waals surface area contributed by atoms with Gasteiger partial charge in [0.1, 0.15) is 23.6 Å². The third kappa shape index (κ3) is 6.27. The van der Waals surface area contributed by atoms with Crippen LogP contribution in [0.25, 0.3) is 11.0 Å². The SMILES string of the molecule is CP(=O)(O)CCC/C=C\C[C@@H]1[C@@H](CC[C@H](O)c2cc3ccccc3o2)[C@@H](F)C[C@@H]1O. The third-order valence-corrected chi connectivity index (χ3v) is 7.19. The lowest BCUT2D eigenvalue weighted by molar-refractivity contribution is 0.0983. The number of benzene rings is 1. The van der Waals surface area contributed by atoms with E-state index in [4.69, 9.17) is 4.42 Å². The first-order chi connectivity index (χ1) is 14.2. The Labute approximate surface area is 177 Å². The molecule has 1 aromatic carbocycles. The summed E-state index contributed by atoms with van der Waals surface area (Å²) in [5.74, 6) is -0.00934. The van der Waals surface area contributed by atoms with Crippen molar-refractivity contribution in [3.8, 4) is 0 Å². The Hall–Kier alpha value is -1.46. The number of alkyl halides is 1. The molecule has 1 unspecified atom stereocenters. The van der Waals surface area contributed by atoms with Crippen LogP contribution in [0, 0.1) is 11.8 Å². The van der Waals surface area contributed by atoms with Crippen molar-refractivity contribution < 1.29 is 28.5 Å². The van der Waals surface area contributed by atoms with Gasteiger partial charge in [0.05, 0.1) is 6.10 Å². The van der Waals surface area contributed by atoms with Gasteiger partial charge < -0.3 is 19.5 Å². The number of halogens is 1. The highest BCUT2D eigenvalue weighted by molar-refractivity contribution is 7.57. The van der Waals surface area contributed by atoms with Crippen LogP contribution in [0.2, 0.25) is 0 Å². The van der Waals surface area contributed by atoms with E-state index in [1.807, 2.05) is 42.5 Å². The van der Waals surface area contributed by atoms with E-state index in [9.17, 15) is 24.1 Å². The van der Waals surface area contributed by atoms with Gasteiger partial charge in [-0.25, -0.2) is 4.39 Å². The average molecular weight is 438 g/mol. The monoisotopic (exact) mass is 438 g/mol. The molecule has 1 heterocycles. The minimum Gasteiger partial charge on any atom is -0.458 e. The van der Waals surface area contributed by atoms with Gasteiger partial charge in [0.25, 0.3) is 0 Å². The zero-order valence-corrected chi connectivity index (χ0v) is 18.3. The Morgan fingerprint density at radius 3 is 2.80 bits per heavy atom. The molecule has 0 spiro atoms. The molecule has 5 nitrogen and oxygen atoms in total. The third-order valence-electron chi connectivity index (χ3n) is 6.04. The van der Waals surface area contributed by atoms with E-state index in [1.165, 1.54) is 6.66 Å². The van der Waals surface area contributed by atoms with Crippen molar-refractivity contribution in [2.75, 3.05) is 12.8 Å². The summed E-state index contributed by atoms with van der Waals surface area (Å²) in [6.45, 7) is 1.36. The number of fused-ring (bicyclic) bond motifs is 1. The van der Waals surface area contributed by atoms with E-state index in [2.05, 4.69) is 0 Å². The van der Waals surface area contributed by atoms with Gasteiger partial charge in [-0.05, 0) is 56.1 Å². The number of aliphatic hydroxyl groups excluding tert-OH is 2. The summed E-state index contributed by atoms with van der Waals surface area (Å²) >= 11 is 0. The Morgan fingerprint density at radius 2 is 2.07 bits per heavy atom. The van der Waals surface area contributed by atoms with Crippen molar-refractivity contribution >= 4 is 18.3 Å². The molecule has 1 aliphatic carbocycles. The van der Waals surface area contributed by atoms with Crippen LogP contribution in [0.3, 0.4) is 0 Å². The molecule has 0 aliphatic heterocycles. The summed E-state index contributed by atoms with van der Waals surface area (Å²) in [4.78, 5) is 9.30. The molecule has 1 aliphatic rings. The molecule has 1 saturated carbocycles. The molecule has 7 heteroatoms. The number of unbranched alkanes of at least 4 members (excludes halogenated alkanes) is 1. The number of hydrogen-bond acceptors (Lipinski definition) is 4. The molecule has 30 heavy (non-hydrogen) atoms. The second-order valence-corrected chi connectivity index (χ2v) is 11.1. The summed E-state index contributed by atoms with van der Waals surface area (Å²) < 4.78 is 31.5. The number of allylic oxidation sites excluding steroid dienone is 2. The molecule has 0 bridgehead atoms. The first kappa shape index (κ1) is 23.2. The summed E-state index contributed by atoms with van der Waals surface area (Å²) in [7, 11) is -2.97. The van der Waals surface area contributed by atoms with Gasteiger partial charge in [0, 0.05) is 24.6 Å².